The number of allylic oxidation sites excluding steroid dienone is 2. The maximum absolute atomic E-state index is 14.2. The van der Waals surface area contributed by atoms with Crippen molar-refractivity contribution < 1.29 is 44.2 Å². The number of fused-ring (bicyclic) bond motifs is 7. The van der Waals surface area contributed by atoms with Gasteiger partial charge in [0.15, 0.2) is 6.29 Å². The number of carbonyl (C=O) groups excluding carboxylic acids is 1. The van der Waals surface area contributed by atoms with Crippen molar-refractivity contribution in [1.82, 2.24) is 0 Å². The van der Waals surface area contributed by atoms with Crippen molar-refractivity contribution >= 4 is 5.97 Å². The van der Waals surface area contributed by atoms with Crippen molar-refractivity contribution in [1.29, 1.82) is 0 Å². The lowest BCUT2D eigenvalue weighted by Crippen LogP contribution is -2.61. The maximum atomic E-state index is 14.2. The first-order chi connectivity index (χ1) is 22.7. The van der Waals surface area contributed by atoms with Gasteiger partial charge >= 0.3 is 5.97 Å². The van der Waals surface area contributed by atoms with Crippen LogP contribution in [0.2, 0.25) is 0 Å². The molecule has 7 aliphatic rings. The first kappa shape index (κ1) is 35.3. The molecule has 2 aliphatic heterocycles. The molecule has 4 saturated carbocycles. The number of hydrogen-bond acceptors (Lipinski definition) is 9. The molecule has 15 atom stereocenters. The van der Waals surface area contributed by atoms with Gasteiger partial charge in [0.1, 0.15) is 6.10 Å². The van der Waals surface area contributed by atoms with E-state index in [1.807, 2.05) is 0 Å². The Hall–Kier alpha value is -1.07. The van der Waals surface area contributed by atoms with E-state index in [1.54, 1.807) is 0 Å². The first-order valence-electron chi connectivity index (χ1n) is 19.2. The van der Waals surface area contributed by atoms with E-state index >= 15 is 0 Å². The van der Waals surface area contributed by atoms with Crippen molar-refractivity contribution in [2.75, 3.05) is 13.2 Å². The zero-order valence-corrected chi connectivity index (χ0v) is 29.9. The predicted octanol–water partition coefficient (Wildman–Crippen LogP) is 5.26. The van der Waals surface area contributed by atoms with Gasteiger partial charge in [-0.1, -0.05) is 46.3 Å². The second-order valence-corrected chi connectivity index (χ2v) is 18.4. The minimum Gasteiger partial charge on any atom is -0.435 e. The lowest BCUT2D eigenvalue weighted by atomic mass is 9.38. The van der Waals surface area contributed by atoms with Crippen molar-refractivity contribution in [3.05, 3.63) is 11.6 Å². The van der Waals surface area contributed by atoms with Crippen LogP contribution in [0.3, 0.4) is 0 Å². The molecule has 9 nitrogen and oxygen atoms in total. The quantitative estimate of drug-likeness (QED) is 0.175. The van der Waals surface area contributed by atoms with E-state index in [2.05, 4.69) is 40.7 Å². The Morgan fingerprint density at radius 2 is 1.67 bits per heavy atom. The van der Waals surface area contributed by atoms with Crippen LogP contribution in [0.15, 0.2) is 11.6 Å². The number of carbonyl (C=O) groups is 1. The molecular weight excluding hydrogens is 612 g/mol. The van der Waals surface area contributed by atoms with Gasteiger partial charge in [-0.3, -0.25) is 4.79 Å². The van der Waals surface area contributed by atoms with E-state index in [-0.39, 0.29) is 60.0 Å². The highest BCUT2D eigenvalue weighted by molar-refractivity contribution is 5.78. The highest BCUT2D eigenvalue weighted by Crippen LogP contribution is 2.71. The molecule has 6 fully saturated rings. The Morgan fingerprint density at radius 3 is 2.42 bits per heavy atom. The third kappa shape index (κ3) is 5.93. The molecule has 0 aromatic rings. The van der Waals surface area contributed by atoms with Crippen molar-refractivity contribution in [3.63, 3.8) is 0 Å². The predicted molar refractivity (Wildman–Crippen MR) is 178 cm³/mol. The van der Waals surface area contributed by atoms with Gasteiger partial charge in [-0.05, 0) is 110 Å². The first-order valence-corrected chi connectivity index (χ1v) is 19.2. The average Bonchev–Trinajstić information content (AvgIpc) is 3.03. The van der Waals surface area contributed by atoms with Crippen LogP contribution in [0.5, 0.6) is 0 Å². The highest BCUT2D eigenvalue weighted by atomic mass is 16.7. The van der Waals surface area contributed by atoms with E-state index in [1.165, 1.54) is 12.0 Å². The molecule has 4 N–H and O–H groups in total. The van der Waals surface area contributed by atoms with Crippen molar-refractivity contribution in [2.24, 2.45) is 51.2 Å². The summed E-state index contributed by atoms with van der Waals surface area (Å²) in [5.41, 5.74) is 1.43. The Morgan fingerprint density at radius 1 is 0.896 bits per heavy atom. The second kappa shape index (κ2) is 12.9. The second-order valence-electron chi connectivity index (χ2n) is 18.4. The summed E-state index contributed by atoms with van der Waals surface area (Å²) in [6, 6.07) is 0. The normalized spacial score (nSPS) is 51.7. The Labute approximate surface area is 287 Å². The number of rotatable bonds is 5. The molecule has 2 saturated heterocycles. The van der Waals surface area contributed by atoms with Crippen LogP contribution in [0.4, 0.5) is 0 Å². The fourth-order valence-corrected chi connectivity index (χ4v) is 12.5. The molecule has 9 heteroatoms. The number of aliphatic hydroxyl groups excluding tert-OH is 4. The SMILES string of the molecule is CC1C(OC2CC(O)CC(CO)O2)CCC2(C)C1CCC1(C)C3CCC4(C(=O)OC5CC(O)C(O)CO5)CCC(C)(C)CC4C3=CCC12. The van der Waals surface area contributed by atoms with Gasteiger partial charge in [-0.2, -0.15) is 0 Å². The summed E-state index contributed by atoms with van der Waals surface area (Å²) < 4.78 is 24.3. The zero-order chi connectivity index (χ0) is 34.2. The van der Waals surface area contributed by atoms with Crippen LogP contribution in [0.25, 0.3) is 0 Å². The fraction of sp³-hybridized carbons (Fsp3) is 0.923. The van der Waals surface area contributed by atoms with Crippen LogP contribution in [-0.4, -0.2) is 82.7 Å². The van der Waals surface area contributed by atoms with Crippen LogP contribution in [-0.2, 0) is 23.7 Å². The largest absolute Gasteiger partial charge is 0.435 e. The molecular formula is C39H62O9. The van der Waals surface area contributed by atoms with Crippen molar-refractivity contribution in [3.8, 4) is 0 Å². The van der Waals surface area contributed by atoms with Crippen LogP contribution < -0.4 is 0 Å². The number of hydrogen-bond donors (Lipinski definition) is 4. The molecule has 48 heavy (non-hydrogen) atoms. The number of esters is 1. The smallest absolute Gasteiger partial charge is 0.314 e. The maximum Gasteiger partial charge on any atom is 0.314 e. The van der Waals surface area contributed by atoms with E-state index in [9.17, 15) is 25.2 Å². The molecule has 5 aliphatic carbocycles. The van der Waals surface area contributed by atoms with Crippen LogP contribution in [0.1, 0.15) is 118 Å². The summed E-state index contributed by atoms with van der Waals surface area (Å²) >= 11 is 0. The Bertz CT molecular complexity index is 1240. The van der Waals surface area contributed by atoms with Gasteiger partial charge in [-0.15, -0.1) is 0 Å². The van der Waals surface area contributed by atoms with Gasteiger partial charge in [0, 0.05) is 19.3 Å². The third-order valence-corrected chi connectivity index (χ3v) is 15.2. The van der Waals surface area contributed by atoms with Gasteiger partial charge in [0.05, 0.1) is 43.0 Å². The molecule has 0 bridgehead atoms. The van der Waals surface area contributed by atoms with Gasteiger partial charge in [-0.25, -0.2) is 0 Å². The van der Waals surface area contributed by atoms with E-state index in [4.69, 9.17) is 18.9 Å². The van der Waals surface area contributed by atoms with Crippen molar-refractivity contribution in [2.45, 2.75) is 161 Å². The van der Waals surface area contributed by atoms with Gasteiger partial charge in [0.2, 0.25) is 6.29 Å². The van der Waals surface area contributed by atoms with Gasteiger partial charge in [0.25, 0.3) is 0 Å². The molecule has 272 valence electrons. The minimum absolute atomic E-state index is 0.0253. The highest BCUT2D eigenvalue weighted by Gasteiger charge is 2.65. The summed E-state index contributed by atoms with van der Waals surface area (Å²) in [6.45, 7) is 12.1. The molecule has 0 aromatic heterocycles. The molecule has 0 amide bonds. The van der Waals surface area contributed by atoms with E-state index < -0.39 is 36.3 Å². The monoisotopic (exact) mass is 674 g/mol. The third-order valence-electron chi connectivity index (χ3n) is 15.2. The lowest BCUT2D eigenvalue weighted by molar-refractivity contribution is -0.262. The number of ether oxygens (including phenoxy) is 4. The number of aliphatic hydroxyl groups is 4. The summed E-state index contributed by atoms with van der Waals surface area (Å²) in [5, 5.41) is 40.2. The van der Waals surface area contributed by atoms with Crippen LogP contribution in [0, 0.1) is 51.2 Å². The Kier molecular flexibility index (Phi) is 9.46. The molecule has 7 rings (SSSR count). The van der Waals surface area contributed by atoms with E-state index in [0.717, 1.165) is 57.8 Å². The molecule has 0 spiro atoms. The zero-order valence-electron chi connectivity index (χ0n) is 29.9. The fourth-order valence-electron chi connectivity index (χ4n) is 12.5. The molecule has 0 aromatic carbocycles. The summed E-state index contributed by atoms with van der Waals surface area (Å²) in [4.78, 5) is 14.2. The minimum atomic E-state index is -0.947. The molecule has 0 radical (unpaired) electrons. The molecule has 15 unspecified atom stereocenters. The summed E-state index contributed by atoms with van der Waals surface area (Å²) in [7, 11) is 0. The van der Waals surface area contributed by atoms with E-state index in [0.29, 0.717) is 36.5 Å². The average molecular weight is 675 g/mol. The standard InChI is InChI=1S/C39H62O9/c1-22-26-8-11-38(5)27-9-13-39(35(44)48-33-18-29(42)30(43)21-45-33)15-14-36(2,3)19-28(39)25(27)6-7-32(38)37(26,4)12-10-31(22)47-34-17-23(41)16-24(20-40)46-34/h6,22-24,26-34,40-43H,7-21H2,1-5H3. The van der Waals surface area contributed by atoms with Gasteiger partial charge < -0.3 is 39.4 Å². The Balaban J connectivity index is 1.11. The summed E-state index contributed by atoms with van der Waals surface area (Å²) in [6.07, 6.45) is 9.67. The van der Waals surface area contributed by atoms with Crippen LogP contribution >= 0.6 is 0 Å². The topological polar surface area (TPSA) is 135 Å². The lowest BCUT2D eigenvalue weighted by Gasteiger charge is -2.66. The summed E-state index contributed by atoms with van der Waals surface area (Å²) in [5.74, 6) is 1.91. The molecule has 2 heterocycles.